The van der Waals surface area contributed by atoms with Crippen LogP contribution in [0.1, 0.15) is 50.1 Å². The molecule has 0 radical (unpaired) electrons. The standard InChI is InChI=1S/C18H24FN3O/c1-5-22-11-13(12(2)21-22)10-20-16-9-18(3,4)23-17-8-14(19)6-7-15(16)17/h6-8,11,16,20H,5,9-10H2,1-4H3. The molecule has 4 nitrogen and oxygen atoms in total. The van der Waals surface area contributed by atoms with Gasteiger partial charge >= 0.3 is 0 Å². The first kappa shape index (κ1) is 16.0. The summed E-state index contributed by atoms with van der Waals surface area (Å²) in [4.78, 5) is 0. The summed E-state index contributed by atoms with van der Waals surface area (Å²) >= 11 is 0. The lowest BCUT2D eigenvalue weighted by molar-refractivity contribution is 0.0652. The number of rotatable bonds is 4. The van der Waals surface area contributed by atoms with Crippen LogP contribution in [0.4, 0.5) is 4.39 Å². The number of hydrogen-bond acceptors (Lipinski definition) is 3. The lowest BCUT2D eigenvalue weighted by Crippen LogP contribution is -2.39. The van der Waals surface area contributed by atoms with E-state index in [9.17, 15) is 4.39 Å². The van der Waals surface area contributed by atoms with Crippen LogP contribution in [-0.4, -0.2) is 15.4 Å². The zero-order chi connectivity index (χ0) is 16.6. The molecule has 2 heterocycles. The van der Waals surface area contributed by atoms with E-state index in [0.717, 1.165) is 30.8 Å². The molecule has 0 spiro atoms. The maximum atomic E-state index is 13.5. The number of nitrogens with zero attached hydrogens (tertiary/aromatic N) is 2. The molecule has 0 bridgehead atoms. The van der Waals surface area contributed by atoms with Crippen molar-refractivity contribution in [3.63, 3.8) is 0 Å². The largest absolute Gasteiger partial charge is 0.487 e. The predicted octanol–water partition coefficient (Wildman–Crippen LogP) is 3.74. The number of aromatic nitrogens is 2. The van der Waals surface area contributed by atoms with E-state index in [2.05, 4.69) is 23.5 Å². The molecule has 1 N–H and O–H groups in total. The highest BCUT2D eigenvalue weighted by Crippen LogP contribution is 2.39. The van der Waals surface area contributed by atoms with E-state index in [1.165, 1.54) is 17.7 Å². The summed E-state index contributed by atoms with van der Waals surface area (Å²) in [5.74, 6) is 0.375. The first-order chi connectivity index (χ1) is 10.9. The van der Waals surface area contributed by atoms with Crippen molar-refractivity contribution in [1.29, 1.82) is 0 Å². The Morgan fingerprint density at radius 1 is 1.43 bits per heavy atom. The van der Waals surface area contributed by atoms with E-state index in [1.807, 2.05) is 31.5 Å². The number of aryl methyl sites for hydroxylation is 2. The highest BCUT2D eigenvalue weighted by molar-refractivity contribution is 5.39. The smallest absolute Gasteiger partial charge is 0.127 e. The fourth-order valence-electron chi connectivity index (χ4n) is 3.14. The summed E-state index contributed by atoms with van der Waals surface area (Å²) in [5.41, 5.74) is 2.94. The summed E-state index contributed by atoms with van der Waals surface area (Å²) in [6, 6.07) is 4.93. The van der Waals surface area contributed by atoms with Gasteiger partial charge in [-0.3, -0.25) is 4.68 Å². The van der Waals surface area contributed by atoms with Gasteiger partial charge in [-0.05, 0) is 33.8 Å². The maximum absolute atomic E-state index is 13.5. The molecule has 1 unspecified atom stereocenters. The van der Waals surface area contributed by atoms with Crippen molar-refractivity contribution in [3.8, 4) is 5.75 Å². The van der Waals surface area contributed by atoms with Gasteiger partial charge in [-0.15, -0.1) is 0 Å². The van der Waals surface area contributed by atoms with E-state index in [1.54, 1.807) is 0 Å². The lowest BCUT2D eigenvalue weighted by atomic mass is 9.89. The molecule has 0 fully saturated rings. The van der Waals surface area contributed by atoms with Crippen LogP contribution in [0.2, 0.25) is 0 Å². The average Bonchev–Trinajstić information content (AvgIpc) is 2.83. The minimum absolute atomic E-state index is 0.138. The molecular formula is C18H24FN3O. The van der Waals surface area contributed by atoms with Gasteiger partial charge in [0.1, 0.15) is 17.2 Å². The molecule has 0 saturated carbocycles. The molecule has 2 aromatic rings. The minimum atomic E-state index is -0.318. The molecule has 0 aliphatic carbocycles. The highest BCUT2D eigenvalue weighted by Gasteiger charge is 2.33. The topological polar surface area (TPSA) is 39.1 Å². The van der Waals surface area contributed by atoms with E-state index in [4.69, 9.17) is 4.74 Å². The van der Waals surface area contributed by atoms with Gasteiger partial charge in [0.25, 0.3) is 0 Å². The Morgan fingerprint density at radius 3 is 2.91 bits per heavy atom. The third-order valence-electron chi connectivity index (χ3n) is 4.34. The number of benzene rings is 1. The second-order valence-corrected chi connectivity index (χ2v) is 6.78. The zero-order valence-corrected chi connectivity index (χ0v) is 14.2. The maximum Gasteiger partial charge on any atom is 0.127 e. The molecule has 1 aliphatic rings. The number of hydrogen-bond donors (Lipinski definition) is 1. The molecule has 23 heavy (non-hydrogen) atoms. The van der Waals surface area contributed by atoms with E-state index < -0.39 is 0 Å². The summed E-state index contributed by atoms with van der Waals surface area (Å²) in [6.45, 7) is 9.79. The molecule has 1 aromatic carbocycles. The Bertz CT molecular complexity index is 708. The molecule has 1 atom stereocenters. The SMILES string of the molecule is CCn1cc(CNC2CC(C)(C)Oc3cc(F)ccc32)c(C)n1. The van der Waals surface area contributed by atoms with E-state index in [0.29, 0.717) is 5.75 Å². The molecular weight excluding hydrogens is 293 g/mol. The lowest BCUT2D eigenvalue weighted by Gasteiger charge is -2.38. The molecule has 1 aliphatic heterocycles. The van der Waals surface area contributed by atoms with Crippen LogP contribution in [0.25, 0.3) is 0 Å². The first-order valence-corrected chi connectivity index (χ1v) is 8.13. The number of fused-ring (bicyclic) bond motifs is 1. The molecule has 5 heteroatoms. The number of halogens is 1. The number of ether oxygens (including phenoxy) is 1. The van der Waals surface area contributed by atoms with Gasteiger partial charge in [0.15, 0.2) is 0 Å². The van der Waals surface area contributed by atoms with Crippen molar-refractivity contribution in [2.75, 3.05) is 0 Å². The van der Waals surface area contributed by atoms with Gasteiger partial charge in [0.05, 0.1) is 5.69 Å². The Kier molecular flexibility index (Phi) is 4.15. The van der Waals surface area contributed by atoms with Crippen molar-refractivity contribution in [2.45, 2.75) is 58.8 Å². The minimum Gasteiger partial charge on any atom is -0.487 e. The Balaban J connectivity index is 1.81. The summed E-state index contributed by atoms with van der Waals surface area (Å²) in [5, 5.41) is 8.07. The van der Waals surface area contributed by atoms with Gasteiger partial charge in [0.2, 0.25) is 0 Å². The van der Waals surface area contributed by atoms with Gasteiger partial charge in [-0.2, -0.15) is 5.10 Å². The summed E-state index contributed by atoms with van der Waals surface area (Å²) in [6.07, 6.45) is 2.92. The Morgan fingerprint density at radius 2 is 2.22 bits per heavy atom. The van der Waals surface area contributed by atoms with Crippen molar-refractivity contribution >= 4 is 0 Å². The van der Waals surface area contributed by atoms with Gasteiger partial charge < -0.3 is 10.1 Å². The zero-order valence-electron chi connectivity index (χ0n) is 14.2. The van der Waals surface area contributed by atoms with Gasteiger partial charge in [-0.25, -0.2) is 4.39 Å². The van der Waals surface area contributed by atoms with Crippen molar-refractivity contribution in [2.24, 2.45) is 0 Å². The van der Waals surface area contributed by atoms with Gasteiger partial charge in [0, 0.05) is 48.9 Å². The molecule has 0 saturated heterocycles. The van der Waals surface area contributed by atoms with Crippen molar-refractivity contribution < 1.29 is 9.13 Å². The van der Waals surface area contributed by atoms with E-state index in [-0.39, 0.29) is 17.5 Å². The Labute approximate surface area is 136 Å². The quantitative estimate of drug-likeness (QED) is 0.933. The highest BCUT2D eigenvalue weighted by atomic mass is 19.1. The third kappa shape index (κ3) is 3.39. The second kappa shape index (κ2) is 5.96. The van der Waals surface area contributed by atoms with E-state index >= 15 is 0 Å². The monoisotopic (exact) mass is 317 g/mol. The second-order valence-electron chi connectivity index (χ2n) is 6.78. The molecule has 124 valence electrons. The van der Waals surface area contributed by atoms with Crippen LogP contribution in [0.5, 0.6) is 5.75 Å². The fraction of sp³-hybridized carbons (Fsp3) is 0.500. The molecule has 3 rings (SSSR count). The van der Waals surface area contributed by atoms with Crippen LogP contribution in [0.3, 0.4) is 0 Å². The van der Waals surface area contributed by atoms with Gasteiger partial charge in [-0.1, -0.05) is 6.07 Å². The summed E-state index contributed by atoms with van der Waals surface area (Å²) < 4.78 is 21.4. The molecule has 0 amide bonds. The predicted molar refractivity (Wildman–Crippen MR) is 87.9 cm³/mol. The third-order valence-corrected chi connectivity index (χ3v) is 4.34. The Hall–Kier alpha value is -1.88. The van der Waals surface area contributed by atoms with Crippen LogP contribution in [0, 0.1) is 12.7 Å². The first-order valence-electron chi connectivity index (χ1n) is 8.13. The van der Waals surface area contributed by atoms with Crippen molar-refractivity contribution in [1.82, 2.24) is 15.1 Å². The average molecular weight is 317 g/mol. The van der Waals surface area contributed by atoms with Crippen LogP contribution in [0.15, 0.2) is 24.4 Å². The number of nitrogens with one attached hydrogen (secondary N) is 1. The summed E-state index contributed by atoms with van der Waals surface area (Å²) in [7, 11) is 0. The van der Waals surface area contributed by atoms with Crippen LogP contribution >= 0.6 is 0 Å². The van der Waals surface area contributed by atoms with Crippen molar-refractivity contribution in [3.05, 3.63) is 47.0 Å². The fourth-order valence-corrected chi connectivity index (χ4v) is 3.14. The van der Waals surface area contributed by atoms with Crippen LogP contribution < -0.4 is 10.1 Å². The molecule has 1 aromatic heterocycles. The normalized spacial score (nSPS) is 19.3. The van der Waals surface area contributed by atoms with Crippen LogP contribution in [-0.2, 0) is 13.1 Å².